The van der Waals surface area contributed by atoms with Gasteiger partial charge in [0.25, 0.3) is 0 Å². The lowest BCUT2D eigenvalue weighted by atomic mass is 10.2. The molecule has 34 heavy (non-hydrogen) atoms. The number of rotatable bonds is 8. The minimum absolute atomic E-state index is 0.102. The van der Waals surface area contributed by atoms with Crippen LogP contribution in [-0.4, -0.2) is 68.7 Å². The number of anilines is 4. The van der Waals surface area contributed by atoms with Crippen LogP contribution >= 0.6 is 11.8 Å². The van der Waals surface area contributed by atoms with E-state index in [0.29, 0.717) is 43.0 Å². The molecule has 3 N–H and O–H groups in total. The third-order valence-electron chi connectivity index (χ3n) is 5.53. The zero-order valence-corrected chi connectivity index (χ0v) is 19.4. The monoisotopic (exact) mass is 487 g/mol. The number of morpholine rings is 1. The van der Waals surface area contributed by atoms with Gasteiger partial charge in [-0.3, -0.25) is 4.57 Å². The van der Waals surface area contributed by atoms with Gasteiger partial charge in [-0.2, -0.15) is 15.0 Å². The van der Waals surface area contributed by atoms with Crippen molar-refractivity contribution in [1.29, 1.82) is 0 Å². The van der Waals surface area contributed by atoms with Crippen LogP contribution < -0.4 is 16.0 Å². The lowest BCUT2D eigenvalue weighted by molar-refractivity contribution is 0.0942. The first kappa shape index (κ1) is 22.7. The molecule has 11 nitrogen and oxygen atoms in total. The van der Waals surface area contributed by atoms with Crippen molar-refractivity contribution in [2.75, 3.05) is 48.9 Å². The van der Waals surface area contributed by atoms with Gasteiger partial charge in [0.2, 0.25) is 17.8 Å². The Morgan fingerprint density at radius 1 is 1.09 bits per heavy atom. The first-order valence-corrected chi connectivity index (χ1v) is 12.2. The van der Waals surface area contributed by atoms with E-state index in [0.717, 1.165) is 43.6 Å². The largest absolute Gasteiger partial charge is 0.378 e. The molecule has 13 heteroatoms. The molecule has 1 aromatic carbocycles. The maximum atomic E-state index is 13.2. The molecule has 0 spiro atoms. The van der Waals surface area contributed by atoms with E-state index in [9.17, 15) is 4.39 Å². The van der Waals surface area contributed by atoms with Gasteiger partial charge in [0.05, 0.1) is 31.6 Å². The molecule has 2 fully saturated rings. The minimum Gasteiger partial charge on any atom is -0.378 e. The number of hydrogen-bond donors (Lipinski definition) is 2. The Hall–Kier alpha value is -3.03. The van der Waals surface area contributed by atoms with E-state index < -0.39 is 0 Å². The predicted octanol–water partition coefficient (Wildman–Crippen LogP) is 2.24. The highest BCUT2D eigenvalue weighted by Gasteiger charge is 2.25. The van der Waals surface area contributed by atoms with Crippen molar-refractivity contribution in [1.82, 2.24) is 29.7 Å². The van der Waals surface area contributed by atoms with Gasteiger partial charge in [0, 0.05) is 25.4 Å². The van der Waals surface area contributed by atoms with Crippen LogP contribution in [0.25, 0.3) is 0 Å². The highest BCUT2D eigenvalue weighted by molar-refractivity contribution is 7.98. The second-order valence-corrected chi connectivity index (χ2v) is 8.92. The van der Waals surface area contributed by atoms with Crippen LogP contribution in [0, 0.1) is 5.82 Å². The number of nitrogens with two attached hydrogens (primary N) is 1. The Labute approximate surface area is 200 Å². The molecule has 0 amide bonds. The fraction of sp³-hybridized carbons (Fsp3) is 0.476. The molecule has 1 unspecified atom stereocenters. The van der Waals surface area contributed by atoms with Crippen molar-refractivity contribution < 1.29 is 13.9 Å². The van der Waals surface area contributed by atoms with E-state index in [-0.39, 0.29) is 17.9 Å². The smallest absolute Gasteiger partial charge is 0.232 e. The zero-order valence-electron chi connectivity index (χ0n) is 18.6. The fourth-order valence-corrected chi connectivity index (χ4v) is 4.68. The second kappa shape index (κ2) is 10.5. The number of halogens is 1. The topological polar surface area (TPSA) is 129 Å². The van der Waals surface area contributed by atoms with Gasteiger partial charge in [-0.05, 0) is 37.1 Å². The van der Waals surface area contributed by atoms with Gasteiger partial charge in [-0.1, -0.05) is 11.8 Å². The van der Waals surface area contributed by atoms with Crippen LogP contribution in [0.5, 0.6) is 0 Å². The molecule has 5 rings (SSSR count). The van der Waals surface area contributed by atoms with Crippen LogP contribution in [0.3, 0.4) is 0 Å². The van der Waals surface area contributed by atoms with Crippen molar-refractivity contribution in [2.45, 2.75) is 36.4 Å². The molecular formula is C21H26FN9O2S. The van der Waals surface area contributed by atoms with E-state index in [1.807, 2.05) is 0 Å². The summed E-state index contributed by atoms with van der Waals surface area (Å²) in [4.78, 5) is 15.0. The first-order valence-electron chi connectivity index (χ1n) is 11.2. The molecule has 0 aliphatic carbocycles. The molecule has 1 atom stereocenters. The van der Waals surface area contributed by atoms with Crippen LogP contribution in [0.15, 0.2) is 29.4 Å². The highest BCUT2D eigenvalue weighted by atomic mass is 32.2. The van der Waals surface area contributed by atoms with Gasteiger partial charge < -0.3 is 25.4 Å². The highest BCUT2D eigenvalue weighted by Crippen LogP contribution is 2.27. The number of hydrogen-bond acceptors (Lipinski definition) is 11. The van der Waals surface area contributed by atoms with Crippen LogP contribution in [0.4, 0.5) is 27.9 Å². The van der Waals surface area contributed by atoms with Crippen LogP contribution in [-0.2, 0) is 21.8 Å². The van der Waals surface area contributed by atoms with Gasteiger partial charge in [-0.15, -0.1) is 10.2 Å². The minimum atomic E-state index is -0.318. The Morgan fingerprint density at radius 3 is 2.68 bits per heavy atom. The summed E-state index contributed by atoms with van der Waals surface area (Å²) in [5.74, 6) is 1.84. The summed E-state index contributed by atoms with van der Waals surface area (Å²) >= 11 is 1.48. The Balaban J connectivity index is 1.32. The summed E-state index contributed by atoms with van der Waals surface area (Å²) in [5.41, 5.74) is 6.56. The molecule has 2 saturated heterocycles. The van der Waals surface area contributed by atoms with E-state index in [4.69, 9.17) is 15.2 Å². The molecule has 0 radical (unpaired) electrons. The van der Waals surface area contributed by atoms with Gasteiger partial charge >= 0.3 is 0 Å². The molecule has 4 heterocycles. The molecule has 2 aliphatic rings. The summed E-state index contributed by atoms with van der Waals surface area (Å²) in [5, 5.41) is 12.7. The average Bonchev–Trinajstić information content (AvgIpc) is 3.50. The Bertz CT molecular complexity index is 1100. The summed E-state index contributed by atoms with van der Waals surface area (Å²) in [7, 11) is 0. The third-order valence-corrected chi connectivity index (χ3v) is 6.49. The average molecular weight is 488 g/mol. The Morgan fingerprint density at radius 2 is 1.91 bits per heavy atom. The predicted molar refractivity (Wildman–Crippen MR) is 126 cm³/mol. The maximum Gasteiger partial charge on any atom is 0.232 e. The number of benzene rings is 1. The normalized spacial score (nSPS) is 18.4. The first-order chi connectivity index (χ1) is 16.6. The number of nitrogens with one attached hydrogen (secondary N) is 1. The quantitative estimate of drug-likeness (QED) is 0.454. The van der Waals surface area contributed by atoms with Gasteiger partial charge in [0.1, 0.15) is 11.6 Å². The molecule has 0 saturated carbocycles. The third kappa shape index (κ3) is 5.54. The van der Waals surface area contributed by atoms with Crippen molar-refractivity contribution in [3.8, 4) is 0 Å². The fourth-order valence-electron chi connectivity index (χ4n) is 3.89. The maximum absolute atomic E-state index is 13.2. The van der Waals surface area contributed by atoms with Crippen LogP contribution in [0.2, 0.25) is 0 Å². The molecular weight excluding hydrogens is 461 g/mol. The zero-order chi connectivity index (χ0) is 23.3. The van der Waals surface area contributed by atoms with Crippen molar-refractivity contribution in [2.24, 2.45) is 0 Å². The molecule has 180 valence electrons. The Kier molecular flexibility index (Phi) is 7.02. The van der Waals surface area contributed by atoms with Crippen LogP contribution in [0.1, 0.15) is 18.7 Å². The summed E-state index contributed by atoms with van der Waals surface area (Å²) in [6, 6.07) is 5.92. The van der Waals surface area contributed by atoms with E-state index >= 15 is 0 Å². The molecule has 3 aromatic rings. The van der Waals surface area contributed by atoms with Gasteiger partial charge in [-0.25, -0.2) is 4.39 Å². The van der Waals surface area contributed by atoms with Gasteiger partial charge in [0.15, 0.2) is 5.16 Å². The number of aromatic nitrogens is 6. The van der Waals surface area contributed by atoms with E-state index in [1.54, 1.807) is 12.1 Å². The number of nitrogens with zero attached hydrogens (tertiary/aromatic N) is 7. The summed E-state index contributed by atoms with van der Waals surface area (Å²) < 4.78 is 26.7. The SMILES string of the molecule is Nc1nc(CSc2nnc(N3CCOCC3)n2CC2CCCO2)nc(Nc2ccc(F)cc2)n1. The standard InChI is InChI=1S/C21H26FN9O2S/c22-14-3-5-15(6-4-14)24-19-26-17(25-18(23)27-19)13-34-21-29-28-20(30-7-10-32-11-8-30)31(21)12-16-2-1-9-33-16/h3-6,16H,1-2,7-13H2,(H3,23,24,25,26,27). The number of thioether (sulfide) groups is 1. The number of nitrogen functional groups attached to an aromatic ring is 1. The summed E-state index contributed by atoms with van der Waals surface area (Å²) in [6.45, 7) is 4.37. The molecule has 2 aliphatic heterocycles. The lowest BCUT2D eigenvalue weighted by Gasteiger charge is -2.28. The molecule has 0 bridgehead atoms. The van der Waals surface area contributed by atoms with Crippen molar-refractivity contribution in [3.05, 3.63) is 35.9 Å². The summed E-state index contributed by atoms with van der Waals surface area (Å²) in [6.07, 6.45) is 2.23. The number of ether oxygens (including phenoxy) is 2. The van der Waals surface area contributed by atoms with Crippen molar-refractivity contribution in [3.63, 3.8) is 0 Å². The molecule has 2 aromatic heterocycles. The second-order valence-electron chi connectivity index (χ2n) is 7.98. The van der Waals surface area contributed by atoms with E-state index in [2.05, 4.69) is 39.9 Å². The lowest BCUT2D eigenvalue weighted by Crippen LogP contribution is -2.38. The van der Waals surface area contributed by atoms with E-state index in [1.165, 1.54) is 23.9 Å². The van der Waals surface area contributed by atoms with Crippen molar-refractivity contribution >= 4 is 35.3 Å².